The van der Waals surface area contributed by atoms with E-state index in [2.05, 4.69) is 21.9 Å². The number of sulfonamides is 1. The molecule has 1 aliphatic heterocycles. The van der Waals surface area contributed by atoms with E-state index in [1.54, 1.807) is 4.57 Å². The van der Waals surface area contributed by atoms with Crippen LogP contribution in [0.15, 0.2) is 28.5 Å². The lowest BCUT2D eigenvalue weighted by Crippen LogP contribution is -2.20. The predicted octanol–water partition coefficient (Wildman–Crippen LogP) is 1.91. The highest BCUT2D eigenvalue weighted by atomic mass is 32.2. The molecular weight excluding hydrogens is 414 g/mol. The van der Waals surface area contributed by atoms with Crippen LogP contribution in [0.5, 0.6) is 11.5 Å². The standard InChI is InChI=1S/C18H21N5O4S2/c1-3-12-8-13-14(27-6-5-26-13)9-15(12)28-18-22-16-11(2)20-10-21-17(16)23(18)4-7-29(19,24)25/h8-10H,3-7H2,1-2H3,(H2,19,24,25). The van der Waals surface area contributed by atoms with E-state index >= 15 is 0 Å². The molecule has 4 rings (SSSR count). The molecule has 0 unspecified atom stereocenters. The summed E-state index contributed by atoms with van der Waals surface area (Å²) < 4.78 is 36.2. The third-order valence-corrected chi connectivity index (χ3v) is 6.43. The van der Waals surface area contributed by atoms with Crippen LogP contribution in [-0.2, 0) is 23.0 Å². The van der Waals surface area contributed by atoms with Gasteiger partial charge in [-0.1, -0.05) is 18.7 Å². The summed E-state index contributed by atoms with van der Waals surface area (Å²) in [6.45, 7) is 5.10. The Hall–Kier alpha value is -2.37. The molecule has 0 spiro atoms. The summed E-state index contributed by atoms with van der Waals surface area (Å²) in [6, 6.07) is 3.93. The Morgan fingerprint density at radius 3 is 2.62 bits per heavy atom. The van der Waals surface area contributed by atoms with Crippen molar-refractivity contribution in [2.75, 3.05) is 19.0 Å². The molecule has 0 fully saturated rings. The molecule has 0 radical (unpaired) electrons. The van der Waals surface area contributed by atoms with Gasteiger partial charge in [-0.25, -0.2) is 28.5 Å². The van der Waals surface area contributed by atoms with Gasteiger partial charge in [-0.3, -0.25) is 0 Å². The van der Waals surface area contributed by atoms with Crippen LogP contribution >= 0.6 is 11.8 Å². The molecule has 2 aromatic heterocycles. The molecule has 3 heterocycles. The van der Waals surface area contributed by atoms with E-state index in [0.717, 1.165) is 28.3 Å². The molecule has 0 saturated heterocycles. The van der Waals surface area contributed by atoms with Crippen molar-refractivity contribution in [1.82, 2.24) is 19.5 Å². The minimum atomic E-state index is -3.63. The van der Waals surface area contributed by atoms with E-state index < -0.39 is 10.0 Å². The molecular formula is C18H21N5O4S2. The number of imidazole rings is 1. The number of nitrogens with zero attached hydrogens (tertiary/aromatic N) is 4. The molecule has 0 saturated carbocycles. The number of benzene rings is 1. The lowest BCUT2D eigenvalue weighted by atomic mass is 10.1. The zero-order chi connectivity index (χ0) is 20.6. The monoisotopic (exact) mass is 435 g/mol. The molecule has 0 aliphatic carbocycles. The van der Waals surface area contributed by atoms with Crippen LogP contribution in [-0.4, -0.2) is 46.9 Å². The summed E-state index contributed by atoms with van der Waals surface area (Å²) >= 11 is 1.44. The maximum atomic E-state index is 11.5. The largest absolute Gasteiger partial charge is 0.486 e. The number of fused-ring (bicyclic) bond motifs is 2. The minimum Gasteiger partial charge on any atom is -0.486 e. The van der Waals surface area contributed by atoms with Gasteiger partial charge in [0.05, 0.1) is 11.4 Å². The molecule has 0 bridgehead atoms. The quantitative estimate of drug-likeness (QED) is 0.623. The van der Waals surface area contributed by atoms with Gasteiger partial charge in [0.1, 0.15) is 25.1 Å². The molecule has 9 nitrogen and oxygen atoms in total. The van der Waals surface area contributed by atoms with Gasteiger partial charge in [0, 0.05) is 11.4 Å². The summed E-state index contributed by atoms with van der Waals surface area (Å²) in [6.07, 6.45) is 2.25. The van der Waals surface area contributed by atoms with Crippen LogP contribution in [0.1, 0.15) is 18.2 Å². The fraction of sp³-hybridized carbons (Fsp3) is 0.389. The minimum absolute atomic E-state index is 0.153. The van der Waals surface area contributed by atoms with Gasteiger partial charge in [0.15, 0.2) is 22.3 Å². The molecule has 11 heteroatoms. The summed E-state index contributed by atoms with van der Waals surface area (Å²) in [7, 11) is -3.63. The number of aromatic nitrogens is 4. The summed E-state index contributed by atoms with van der Waals surface area (Å²) in [5.41, 5.74) is 3.04. The van der Waals surface area contributed by atoms with Crippen molar-refractivity contribution in [3.05, 3.63) is 29.7 Å². The van der Waals surface area contributed by atoms with E-state index in [4.69, 9.17) is 14.6 Å². The maximum Gasteiger partial charge on any atom is 0.210 e. The first-order valence-electron chi connectivity index (χ1n) is 9.14. The molecule has 2 N–H and O–H groups in total. The Balaban J connectivity index is 1.78. The summed E-state index contributed by atoms with van der Waals surface area (Å²) in [5, 5.41) is 5.84. The Morgan fingerprint density at radius 2 is 1.93 bits per heavy atom. The molecule has 3 aromatic rings. The molecule has 154 valence electrons. The van der Waals surface area contributed by atoms with Crippen molar-refractivity contribution in [2.45, 2.75) is 36.9 Å². The molecule has 1 aromatic carbocycles. The number of primary sulfonamides is 1. The van der Waals surface area contributed by atoms with Gasteiger partial charge in [-0.05, 0) is 31.0 Å². The van der Waals surface area contributed by atoms with Crippen molar-refractivity contribution in [3.63, 3.8) is 0 Å². The van der Waals surface area contributed by atoms with Crippen LogP contribution in [0.2, 0.25) is 0 Å². The van der Waals surface area contributed by atoms with Gasteiger partial charge in [-0.15, -0.1) is 0 Å². The van der Waals surface area contributed by atoms with Crippen molar-refractivity contribution >= 4 is 32.9 Å². The number of nitrogens with two attached hydrogens (primary N) is 1. The molecule has 29 heavy (non-hydrogen) atoms. The smallest absolute Gasteiger partial charge is 0.210 e. The van der Waals surface area contributed by atoms with Crippen LogP contribution in [0.3, 0.4) is 0 Å². The normalized spacial score (nSPS) is 13.8. The van der Waals surface area contributed by atoms with Crippen LogP contribution in [0.25, 0.3) is 11.2 Å². The lowest BCUT2D eigenvalue weighted by molar-refractivity contribution is 0.171. The predicted molar refractivity (Wildman–Crippen MR) is 109 cm³/mol. The Morgan fingerprint density at radius 1 is 1.21 bits per heavy atom. The second-order valence-corrected chi connectivity index (χ2v) is 9.35. The van der Waals surface area contributed by atoms with Crippen LogP contribution < -0.4 is 14.6 Å². The van der Waals surface area contributed by atoms with E-state index in [1.165, 1.54) is 18.1 Å². The number of hydrogen-bond donors (Lipinski definition) is 1. The van der Waals surface area contributed by atoms with Crippen molar-refractivity contribution in [2.24, 2.45) is 5.14 Å². The van der Waals surface area contributed by atoms with Crippen molar-refractivity contribution < 1.29 is 17.9 Å². The number of rotatable bonds is 6. The van der Waals surface area contributed by atoms with Gasteiger partial charge < -0.3 is 14.0 Å². The van der Waals surface area contributed by atoms with Crippen molar-refractivity contribution in [1.29, 1.82) is 0 Å². The highest BCUT2D eigenvalue weighted by Crippen LogP contribution is 2.40. The summed E-state index contributed by atoms with van der Waals surface area (Å²) in [5.74, 6) is 1.22. The third kappa shape index (κ3) is 4.16. The van der Waals surface area contributed by atoms with E-state index in [1.807, 2.05) is 19.1 Å². The van der Waals surface area contributed by atoms with Crippen LogP contribution in [0.4, 0.5) is 0 Å². The Bertz CT molecular complexity index is 1180. The summed E-state index contributed by atoms with van der Waals surface area (Å²) in [4.78, 5) is 14.2. The first-order valence-corrected chi connectivity index (χ1v) is 11.7. The molecule has 0 amide bonds. The molecule has 0 atom stereocenters. The first kappa shape index (κ1) is 19.9. The number of aryl methyl sites for hydroxylation is 3. The SMILES string of the molecule is CCc1cc2c(cc1Sc1nc3c(C)ncnc3n1CCS(N)(=O)=O)OCCO2. The van der Waals surface area contributed by atoms with Crippen LogP contribution in [0, 0.1) is 6.92 Å². The van der Waals surface area contributed by atoms with Gasteiger partial charge in [0.25, 0.3) is 0 Å². The number of hydrogen-bond acceptors (Lipinski definition) is 8. The average Bonchev–Trinajstić information content (AvgIpc) is 3.04. The fourth-order valence-electron chi connectivity index (χ4n) is 3.11. The van der Waals surface area contributed by atoms with Gasteiger partial charge in [0.2, 0.25) is 10.0 Å². The zero-order valence-corrected chi connectivity index (χ0v) is 17.7. The van der Waals surface area contributed by atoms with E-state index in [9.17, 15) is 8.42 Å². The topological polar surface area (TPSA) is 122 Å². The highest BCUT2D eigenvalue weighted by Gasteiger charge is 2.20. The lowest BCUT2D eigenvalue weighted by Gasteiger charge is -2.20. The van der Waals surface area contributed by atoms with E-state index in [0.29, 0.717) is 35.3 Å². The fourth-order valence-corrected chi connectivity index (χ4v) is 4.67. The second kappa shape index (κ2) is 7.81. The Labute approximate surface area is 172 Å². The highest BCUT2D eigenvalue weighted by molar-refractivity contribution is 7.99. The zero-order valence-electron chi connectivity index (χ0n) is 16.1. The first-order chi connectivity index (χ1) is 13.9. The third-order valence-electron chi connectivity index (χ3n) is 4.59. The second-order valence-electron chi connectivity index (χ2n) is 6.60. The average molecular weight is 436 g/mol. The van der Waals surface area contributed by atoms with Gasteiger partial charge >= 0.3 is 0 Å². The van der Waals surface area contributed by atoms with Crippen molar-refractivity contribution in [3.8, 4) is 11.5 Å². The molecule has 1 aliphatic rings. The maximum absolute atomic E-state index is 11.5. The number of ether oxygens (including phenoxy) is 2. The van der Waals surface area contributed by atoms with Gasteiger partial charge in [-0.2, -0.15) is 0 Å². The Kier molecular flexibility index (Phi) is 5.36. The van der Waals surface area contributed by atoms with E-state index in [-0.39, 0.29) is 12.3 Å².